The summed E-state index contributed by atoms with van der Waals surface area (Å²) >= 11 is 0. The fourth-order valence-electron chi connectivity index (χ4n) is 4.82. The van der Waals surface area contributed by atoms with E-state index in [0.717, 1.165) is 17.4 Å². The molecule has 3 aliphatic rings. The van der Waals surface area contributed by atoms with Gasteiger partial charge in [-0.15, -0.1) is 0 Å². The summed E-state index contributed by atoms with van der Waals surface area (Å²) in [6, 6.07) is 9.89. The SMILES string of the molecule is NC(CNC(=O)C1C2C3CCC(C3)C12)c1ccccc1. The molecule has 3 heteroatoms. The minimum absolute atomic E-state index is 0.101. The first kappa shape index (κ1) is 12.4. The summed E-state index contributed by atoms with van der Waals surface area (Å²) in [5.74, 6) is 3.68. The summed E-state index contributed by atoms with van der Waals surface area (Å²) in [5, 5.41) is 3.08. The highest BCUT2D eigenvalue weighted by atomic mass is 16.2. The Hall–Kier alpha value is -1.35. The van der Waals surface area contributed by atoms with Crippen LogP contribution in [0, 0.1) is 29.6 Å². The lowest BCUT2D eigenvalue weighted by atomic mass is 10.0. The second kappa shape index (κ2) is 4.59. The summed E-state index contributed by atoms with van der Waals surface area (Å²) in [4.78, 5) is 12.3. The minimum Gasteiger partial charge on any atom is -0.354 e. The van der Waals surface area contributed by atoms with E-state index in [1.165, 1.54) is 19.3 Å². The summed E-state index contributed by atoms with van der Waals surface area (Å²) in [6.45, 7) is 0.550. The first-order valence-electron chi connectivity index (χ1n) is 7.84. The van der Waals surface area contributed by atoms with E-state index < -0.39 is 0 Å². The Labute approximate surface area is 119 Å². The number of rotatable bonds is 4. The molecule has 0 radical (unpaired) electrons. The van der Waals surface area contributed by atoms with E-state index in [9.17, 15) is 4.79 Å². The molecule has 0 aromatic heterocycles. The van der Waals surface area contributed by atoms with Crippen LogP contribution in [0.2, 0.25) is 0 Å². The van der Waals surface area contributed by atoms with Gasteiger partial charge >= 0.3 is 0 Å². The van der Waals surface area contributed by atoms with Crippen molar-refractivity contribution < 1.29 is 4.79 Å². The van der Waals surface area contributed by atoms with Gasteiger partial charge in [0, 0.05) is 18.5 Å². The molecule has 3 N–H and O–H groups in total. The maximum absolute atomic E-state index is 12.3. The molecule has 1 amide bonds. The van der Waals surface area contributed by atoms with E-state index in [-0.39, 0.29) is 11.9 Å². The smallest absolute Gasteiger partial charge is 0.223 e. The van der Waals surface area contributed by atoms with E-state index in [1.54, 1.807) is 0 Å². The quantitative estimate of drug-likeness (QED) is 0.880. The lowest BCUT2D eigenvalue weighted by Gasteiger charge is -2.14. The molecule has 5 unspecified atom stereocenters. The summed E-state index contributed by atoms with van der Waals surface area (Å²) in [7, 11) is 0. The molecule has 20 heavy (non-hydrogen) atoms. The third kappa shape index (κ3) is 1.87. The molecule has 0 aliphatic heterocycles. The van der Waals surface area contributed by atoms with Crippen molar-refractivity contribution in [3.05, 3.63) is 35.9 Å². The highest BCUT2D eigenvalue weighted by molar-refractivity contribution is 5.82. The number of hydrogen-bond donors (Lipinski definition) is 2. The second-order valence-electron chi connectivity index (χ2n) is 6.78. The van der Waals surface area contributed by atoms with Crippen LogP contribution in [0.4, 0.5) is 0 Å². The van der Waals surface area contributed by atoms with Crippen LogP contribution < -0.4 is 11.1 Å². The van der Waals surface area contributed by atoms with Gasteiger partial charge in [-0.1, -0.05) is 30.3 Å². The van der Waals surface area contributed by atoms with Crippen LogP contribution in [0.1, 0.15) is 30.9 Å². The number of nitrogens with two attached hydrogens (primary N) is 1. The Bertz CT molecular complexity index is 499. The molecular formula is C17H22N2O. The first-order valence-corrected chi connectivity index (χ1v) is 7.84. The number of carbonyl (C=O) groups excluding carboxylic acids is 1. The molecule has 1 aromatic rings. The third-order valence-electron chi connectivity index (χ3n) is 5.76. The minimum atomic E-state index is -0.101. The molecule has 106 valence electrons. The number of nitrogens with one attached hydrogen (secondary N) is 1. The van der Waals surface area contributed by atoms with E-state index in [0.29, 0.717) is 24.3 Å². The maximum atomic E-state index is 12.3. The topological polar surface area (TPSA) is 55.1 Å². The molecule has 0 saturated heterocycles. The van der Waals surface area contributed by atoms with Crippen molar-refractivity contribution in [1.29, 1.82) is 0 Å². The molecule has 3 saturated carbocycles. The normalized spacial score (nSPS) is 38.4. The molecule has 1 aromatic carbocycles. The van der Waals surface area contributed by atoms with Gasteiger partial charge in [0.1, 0.15) is 0 Å². The Morgan fingerprint density at radius 2 is 1.85 bits per heavy atom. The predicted molar refractivity (Wildman–Crippen MR) is 77.7 cm³/mol. The molecule has 3 nitrogen and oxygen atoms in total. The Balaban J connectivity index is 1.32. The summed E-state index contributed by atoms with van der Waals surface area (Å²) in [6.07, 6.45) is 4.11. The third-order valence-corrected chi connectivity index (χ3v) is 5.76. The zero-order valence-electron chi connectivity index (χ0n) is 11.7. The van der Waals surface area contributed by atoms with Gasteiger partial charge in [0.15, 0.2) is 0 Å². The number of carbonyl (C=O) groups is 1. The lowest BCUT2D eigenvalue weighted by molar-refractivity contribution is -0.123. The molecule has 2 bridgehead atoms. The van der Waals surface area contributed by atoms with Crippen molar-refractivity contribution in [1.82, 2.24) is 5.32 Å². The van der Waals surface area contributed by atoms with Crippen LogP contribution in [-0.4, -0.2) is 12.5 Å². The van der Waals surface area contributed by atoms with Crippen molar-refractivity contribution in [3.8, 4) is 0 Å². The van der Waals surface area contributed by atoms with Gasteiger partial charge in [0.25, 0.3) is 0 Å². The second-order valence-corrected chi connectivity index (χ2v) is 6.78. The van der Waals surface area contributed by atoms with Crippen molar-refractivity contribution in [3.63, 3.8) is 0 Å². The highest BCUT2D eigenvalue weighted by Gasteiger charge is 2.67. The van der Waals surface area contributed by atoms with Crippen LogP contribution in [0.15, 0.2) is 30.3 Å². The fourth-order valence-corrected chi connectivity index (χ4v) is 4.82. The predicted octanol–water partition coefficient (Wildman–Crippen LogP) is 2.09. The van der Waals surface area contributed by atoms with E-state index in [1.807, 2.05) is 30.3 Å². The van der Waals surface area contributed by atoms with Crippen LogP contribution in [0.5, 0.6) is 0 Å². The van der Waals surface area contributed by atoms with E-state index in [4.69, 9.17) is 5.73 Å². The van der Waals surface area contributed by atoms with Crippen LogP contribution in [-0.2, 0) is 4.79 Å². The fraction of sp³-hybridized carbons (Fsp3) is 0.588. The van der Waals surface area contributed by atoms with Crippen LogP contribution >= 0.6 is 0 Å². The van der Waals surface area contributed by atoms with Gasteiger partial charge in [-0.05, 0) is 48.5 Å². The van der Waals surface area contributed by atoms with E-state index in [2.05, 4.69) is 5.32 Å². The largest absolute Gasteiger partial charge is 0.354 e. The van der Waals surface area contributed by atoms with Crippen LogP contribution in [0.3, 0.4) is 0 Å². The first-order chi connectivity index (χ1) is 9.75. The van der Waals surface area contributed by atoms with Crippen LogP contribution in [0.25, 0.3) is 0 Å². The van der Waals surface area contributed by atoms with Gasteiger partial charge in [-0.2, -0.15) is 0 Å². The van der Waals surface area contributed by atoms with Gasteiger partial charge in [0.2, 0.25) is 5.91 Å². The molecule has 5 atom stereocenters. The van der Waals surface area contributed by atoms with Gasteiger partial charge in [-0.3, -0.25) is 4.79 Å². The number of fused-ring (bicyclic) bond motifs is 5. The lowest BCUT2D eigenvalue weighted by Crippen LogP contribution is -2.34. The monoisotopic (exact) mass is 270 g/mol. The number of benzene rings is 1. The van der Waals surface area contributed by atoms with Gasteiger partial charge < -0.3 is 11.1 Å². The number of hydrogen-bond acceptors (Lipinski definition) is 2. The molecule has 3 aliphatic carbocycles. The summed E-state index contributed by atoms with van der Waals surface area (Å²) in [5.41, 5.74) is 7.22. The molecule has 0 heterocycles. The molecule has 3 fully saturated rings. The zero-order chi connectivity index (χ0) is 13.7. The standard InChI is InChI=1S/C17H22N2O/c18-13(10-4-2-1-3-5-10)9-19-17(20)16-14-11-6-7-12(8-11)15(14)16/h1-5,11-16H,6-9,18H2,(H,19,20). The Morgan fingerprint density at radius 1 is 1.20 bits per heavy atom. The maximum Gasteiger partial charge on any atom is 0.223 e. The Morgan fingerprint density at radius 3 is 2.50 bits per heavy atom. The van der Waals surface area contributed by atoms with Crippen molar-refractivity contribution in [2.24, 2.45) is 35.3 Å². The highest BCUT2D eigenvalue weighted by Crippen LogP contribution is 2.69. The Kier molecular flexibility index (Phi) is 2.84. The van der Waals surface area contributed by atoms with Crippen molar-refractivity contribution in [2.45, 2.75) is 25.3 Å². The molecule has 4 rings (SSSR count). The van der Waals surface area contributed by atoms with Crippen molar-refractivity contribution >= 4 is 5.91 Å². The van der Waals surface area contributed by atoms with Gasteiger partial charge in [0.05, 0.1) is 0 Å². The van der Waals surface area contributed by atoms with Crippen molar-refractivity contribution in [2.75, 3.05) is 6.54 Å². The average Bonchev–Trinajstić information content (AvgIpc) is 2.93. The average molecular weight is 270 g/mol. The number of amides is 1. The van der Waals surface area contributed by atoms with Gasteiger partial charge in [-0.25, -0.2) is 0 Å². The zero-order valence-corrected chi connectivity index (χ0v) is 11.7. The molecular weight excluding hydrogens is 248 g/mol. The summed E-state index contributed by atoms with van der Waals surface area (Å²) < 4.78 is 0. The van der Waals surface area contributed by atoms with E-state index >= 15 is 0 Å². The molecule has 0 spiro atoms.